The van der Waals surface area contributed by atoms with Crippen molar-refractivity contribution in [2.45, 2.75) is 32.2 Å². The summed E-state index contributed by atoms with van der Waals surface area (Å²) in [7, 11) is 5.24. The topological polar surface area (TPSA) is 105 Å². The second-order valence-corrected chi connectivity index (χ2v) is 7.28. The number of carboxylic acids is 1. The average Bonchev–Trinajstić information content (AvgIpc) is 2.91. The maximum Gasteiger partial charge on any atom is 1.00 e. The summed E-state index contributed by atoms with van der Waals surface area (Å²) in [6, 6.07) is 0. The second kappa shape index (κ2) is 9.59. The van der Waals surface area contributed by atoms with Gasteiger partial charge in [-0.2, -0.15) is 4.98 Å². The molecular formula is C18H26LiN5O4. The zero-order chi connectivity index (χ0) is 19.6. The Morgan fingerprint density at radius 2 is 2.04 bits per heavy atom. The van der Waals surface area contributed by atoms with Gasteiger partial charge in [0.2, 0.25) is 5.95 Å². The van der Waals surface area contributed by atoms with Gasteiger partial charge in [0.25, 0.3) is 0 Å². The first-order chi connectivity index (χ1) is 12.9. The minimum absolute atomic E-state index is 0. The number of rotatable bonds is 7. The van der Waals surface area contributed by atoms with Gasteiger partial charge in [-0.05, 0) is 37.5 Å². The number of hydrogen-bond donors (Lipinski definition) is 0. The molecule has 10 heteroatoms. The van der Waals surface area contributed by atoms with Crippen LogP contribution in [0.4, 0.5) is 5.95 Å². The maximum absolute atomic E-state index is 12.7. The number of anilines is 1. The van der Waals surface area contributed by atoms with E-state index in [0.717, 1.165) is 12.8 Å². The number of aliphatic carboxylic acids is 1. The van der Waals surface area contributed by atoms with Crippen molar-refractivity contribution in [1.29, 1.82) is 0 Å². The first-order valence-electron chi connectivity index (χ1n) is 9.25. The molecule has 2 aromatic rings. The normalized spacial score (nSPS) is 19.4. The molecular weight excluding hydrogens is 357 g/mol. The van der Waals surface area contributed by atoms with E-state index < -0.39 is 5.97 Å². The van der Waals surface area contributed by atoms with Crippen molar-refractivity contribution in [3.8, 4) is 0 Å². The summed E-state index contributed by atoms with van der Waals surface area (Å²) < 4.78 is 8.34. The molecule has 0 saturated heterocycles. The van der Waals surface area contributed by atoms with Crippen molar-refractivity contribution in [2.75, 3.05) is 32.2 Å². The standard InChI is InChI=1S/C18H27N5O4.Li/c1-21(8-9-27-3)17-19-10-14-15(20-17)23(18(26)22(14)2)11-12-4-6-13(7-5-12)16(24)25;/h10,12-13H,4-9,11H2,1-3H3,(H,24,25);/q;+1/p-1. The third-order valence-electron chi connectivity index (χ3n) is 5.47. The molecule has 0 unspecified atom stereocenters. The van der Waals surface area contributed by atoms with Crippen molar-refractivity contribution >= 4 is 23.1 Å². The Bertz CT molecular complexity index is 873. The minimum atomic E-state index is -0.966. The SMILES string of the molecule is COCCN(C)c1ncc2c(n1)n(CC1CCC(C(=O)[O-])CC1)c(=O)n2C.[Li+]. The average molecular weight is 383 g/mol. The van der Waals surface area contributed by atoms with Crippen LogP contribution in [0.1, 0.15) is 25.7 Å². The van der Waals surface area contributed by atoms with E-state index in [2.05, 4.69) is 9.97 Å². The molecule has 0 N–H and O–H groups in total. The second-order valence-electron chi connectivity index (χ2n) is 7.28. The Balaban J connectivity index is 0.00000280. The quantitative estimate of drug-likeness (QED) is 0.463. The van der Waals surface area contributed by atoms with Crippen molar-refractivity contribution in [3.63, 3.8) is 0 Å². The number of carbonyl (C=O) groups excluding carboxylic acids is 1. The summed E-state index contributed by atoms with van der Waals surface area (Å²) in [5, 5.41) is 11.0. The van der Waals surface area contributed by atoms with Gasteiger partial charge in [0.1, 0.15) is 5.52 Å². The number of fused-ring (bicyclic) bond motifs is 1. The van der Waals surface area contributed by atoms with E-state index in [1.165, 1.54) is 0 Å². The molecule has 0 amide bonds. The number of methoxy groups -OCH3 is 1. The third kappa shape index (κ3) is 4.59. The van der Waals surface area contributed by atoms with Crippen molar-refractivity contribution in [1.82, 2.24) is 19.1 Å². The van der Waals surface area contributed by atoms with Gasteiger partial charge in [-0.3, -0.25) is 9.13 Å². The molecule has 0 spiro atoms. The largest absolute Gasteiger partial charge is 1.00 e. The fourth-order valence-electron chi connectivity index (χ4n) is 3.68. The monoisotopic (exact) mass is 383 g/mol. The minimum Gasteiger partial charge on any atom is -0.550 e. The van der Waals surface area contributed by atoms with Gasteiger partial charge < -0.3 is 19.5 Å². The number of likely N-dealkylation sites (N-methyl/N-ethyl adjacent to an activating group) is 1. The van der Waals surface area contributed by atoms with Gasteiger partial charge in [0.15, 0.2) is 5.65 Å². The van der Waals surface area contributed by atoms with Gasteiger partial charge in [0, 0.05) is 40.3 Å². The Hall–Kier alpha value is -1.82. The summed E-state index contributed by atoms with van der Waals surface area (Å²) >= 11 is 0. The number of nitrogens with zero attached hydrogens (tertiary/aromatic N) is 5. The number of aryl methyl sites for hydroxylation is 1. The van der Waals surface area contributed by atoms with E-state index in [1.54, 1.807) is 29.5 Å². The third-order valence-corrected chi connectivity index (χ3v) is 5.47. The molecule has 0 atom stereocenters. The first kappa shape index (κ1) is 22.5. The number of hydrogen-bond acceptors (Lipinski definition) is 7. The van der Waals surface area contributed by atoms with E-state index in [9.17, 15) is 14.7 Å². The number of imidazole rings is 1. The summed E-state index contributed by atoms with van der Waals surface area (Å²) in [5.74, 6) is -0.533. The molecule has 1 saturated carbocycles. The molecule has 3 rings (SSSR count). The summed E-state index contributed by atoms with van der Waals surface area (Å²) in [6.45, 7) is 1.74. The van der Waals surface area contributed by atoms with E-state index in [0.29, 0.717) is 49.7 Å². The van der Waals surface area contributed by atoms with Crippen molar-refractivity contribution in [3.05, 3.63) is 16.7 Å². The van der Waals surface area contributed by atoms with Gasteiger partial charge in [0.05, 0.1) is 12.8 Å². The number of carbonyl (C=O) groups is 1. The summed E-state index contributed by atoms with van der Waals surface area (Å²) in [4.78, 5) is 34.6. The summed E-state index contributed by atoms with van der Waals surface area (Å²) in [6.07, 6.45) is 4.42. The molecule has 1 fully saturated rings. The number of ether oxygens (including phenoxy) is 1. The van der Waals surface area contributed by atoms with Crippen molar-refractivity contribution < 1.29 is 33.5 Å². The van der Waals surface area contributed by atoms with Crippen LogP contribution >= 0.6 is 0 Å². The van der Waals surface area contributed by atoms with Gasteiger partial charge in [-0.1, -0.05) is 0 Å². The molecule has 2 heterocycles. The Morgan fingerprint density at radius 3 is 2.64 bits per heavy atom. The fourth-order valence-corrected chi connectivity index (χ4v) is 3.68. The van der Waals surface area contributed by atoms with Crippen LogP contribution in [0.2, 0.25) is 0 Å². The van der Waals surface area contributed by atoms with E-state index >= 15 is 0 Å². The number of carboxylic acid groups (broad SMARTS) is 1. The predicted molar refractivity (Wildman–Crippen MR) is 98.4 cm³/mol. The molecule has 148 valence electrons. The summed E-state index contributed by atoms with van der Waals surface area (Å²) in [5.41, 5.74) is 1.17. The van der Waals surface area contributed by atoms with Crippen LogP contribution in [0.25, 0.3) is 11.2 Å². The maximum atomic E-state index is 12.7. The molecule has 0 aliphatic heterocycles. The van der Waals surface area contributed by atoms with Gasteiger partial charge in [-0.15, -0.1) is 0 Å². The zero-order valence-electron chi connectivity index (χ0n) is 17.1. The molecule has 1 aliphatic rings. The Labute approximate surface area is 175 Å². The molecule has 9 nitrogen and oxygen atoms in total. The van der Waals surface area contributed by atoms with E-state index in [-0.39, 0.29) is 36.4 Å². The fraction of sp³-hybridized carbons (Fsp3) is 0.667. The van der Waals surface area contributed by atoms with Crippen LogP contribution in [0, 0.1) is 11.8 Å². The number of aromatic nitrogens is 4. The van der Waals surface area contributed by atoms with Crippen LogP contribution < -0.4 is 34.6 Å². The zero-order valence-corrected chi connectivity index (χ0v) is 17.1. The van der Waals surface area contributed by atoms with Gasteiger partial charge >= 0.3 is 24.6 Å². The van der Waals surface area contributed by atoms with Crippen LogP contribution in [-0.2, 0) is 23.1 Å². The molecule has 1 aliphatic carbocycles. The molecule has 2 aromatic heterocycles. The van der Waals surface area contributed by atoms with Gasteiger partial charge in [-0.25, -0.2) is 9.78 Å². The molecule has 28 heavy (non-hydrogen) atoms. The smallest absolute Gasteiger partial charge is 0.550 e. The predicted octanol–water partition coefficient (Wildman–Crippen LogP) is -3.23. The van der Waals surface area contributed by atoms with E-state index in [4.69, 9.17) is 4.74 Å². The Morgan fingerprint density at radius 1 is 1.36 bits per heavy atom. The van der Waals surface area contributed by atoms with Crippen LogP contribution in [-0.4, -0.2) is 52.4 Å². The molecule has 0 radical (unpaired) electrons. The Kier molecular flexibility index (Phi) is 7.69. The molecule has 0 aromatic carbocycles. The molecule has 0 bridgehead atoms. The van der Waals surface area contributed by atoms with E-state index in [1.807, 2.05) is 11.9 Å². The van der Waals surface area contributed by atoms with Crippen LogP contribution in [0.3, 0.4) is 0 Å². The van der Waals surface area contributed by atoms with Crippen LogP contribution in [0.15, 0.2) is 11.0 Å². The van der Waals surface area contributed by atoms with Crippen molar-refractivity contribution in [2.24, 2.45) is 18.9 Å². The first-order valence-corrected chi connectivity index (χ1v) is 9.25. The van der Waals surface area contributed by atoms with Crippen LogP contribution in [0.5, 0.6) is 0 Å².